The smallest absolute Gasteiger partial charge is 0.110 e. The molecule has 0 atom stereocenters. The lowest BCUT2D eigenvalue weighted by Crippen LogP contribution is -2.36. The largest absolute Gasteiger partial charge is 0.345 e. The van der Waals surface area contributed by atoms with Crippen LogP contribution in [0.4, 0.5) is 0 Å². The van der Waals surface area contributed by atoms with Crippen LogP contribution in [0.3, 0.4) is 0 Å². The quantitative estimate of drug-likeness (QED) is 0.574. The molecule has 146 valence electrons. The second kappa shape index (κ2) is 7.98. The summed E-state index contributed by atoms with van der Waals surface area (Å²) in [6.45, 7) is 6.58. The van der Waals surface area contributed by atoms with E-state index >= 15 is 0 Å². The molecule has 0 radical (unpaired) electrons. The van der Waals surface area contributed by atoms with Crippen LogP contribution in [0.5, 0.6) is 0 Å². The van der Waals surface area contributed by atoms with Gasteiger partial charge in [0, 0.05) is 46.8 Å². The summed E-state index contributed by atoms with van der Waals surface area (Å²) in [4.78, 5) is 8.83. The number of hydrogen-bond acceptors (Lipinski definition) is 4. The zero-order chi connectivity index (χ0) is 18.9. The van der Waals surface area contributed by atoms with Crippen molar-refractivity contribution in [3.05, 3.63) is 41.9 Å². The molecular weight excluding hydrogens is 352 g/mol. The number of nitrogens with zero attached hydrogens (tertiary/aromatic N) is 1. The van der Waals surface area contributed by atoms with E-state index in [1.54, 1.807) is 12.1 Å². The SMILES string of the molecule is CC(C)(C)NSNC1CCC(c2nc(-c3ccccc3)c(C3CC3)[nH]2)CC1. The van der Waals surface area contributed by atoms with Crippen LogP contribution in [0.25, 0.3) is 11.3 Å². The van der Waals surface area contributed by atoms with Gasteiger partial charge in [0.05, 0.1) is 5.69 Å². The summed E-state index contributed by atoms with van der Waals surface area (Å²) < 4.78 is 7.04. The second-order valence-electron chi connectivity index (χ2n) is 9.15. The molecule has 1 aromatic carbocycles. The van der Waals surface area contributed by atoms with Gasteiger partial charge in [0.25, 0.3) is 0 Å². The maximum Gasteiger partial charge on any atom is 0.110 e. The lowest BCUT2D eigenvalue weighted by atomic mass is 9.86. The summed E-state index contributed by atoms with van der Waals surface area (Å²) in [5.41, 5.74) is 3.96. The number of nitrogens with one attached hydrogen (secondary N) is 3. The third-order valence-corrected chi connectivity index (χ3v) is 6.65. The van der Waals surface area contributed by atoms with Crippen molar-refractivity contribution in [2.24, 2.45) is 0 Å². The van der Waals surface area contributed by atoms with Crippen molar-refractivity contribution in [3.63, 3.8) is 0 Å². The Kier molecular flexibility index (Phi) is 5.62. The highest BCUT2D eigenvalue weighted by Gasteiger charge is 2.32. The van der Waals surface area contributed by atoms with Gasteiger partial charge in [0.15, 0.2) is 0 Å². The Bertz CT molecular complexity index is 737. The minimum atomic E-state index is 0.135. The molecule has 27 heavy (non-hydrogen) atoms. The maximum absolute atomic E-state index is 5.09. The predicted molar refractivity (Wildman–Crippen MR) is 115 cm³/mol. The van der Waals surface area contributed by atoms with Crippen molar-refractivity contribution in [2.75, 3.05) is 0 Å². The summed E-state index contributed by atoms with van der Waals surface area (Å²) in [5.74, 6) is 2.48. The van der Waals surface area contributed by atoms with E-state index in [2.05, 4.69) is 65.5 Å². The van der Waals surface area contributed by atoms with Gasteiger partial charge in [-0.3, -0.25) is 0 Å². The third kappa shape index (κ3) is 4.95. The molecular formula is C22H32N4S. The molecule has 5 heteroatoms. The highest BCUT2D eigenvalue weighted by molar-refractivity contribution is 7.95. The fraction of sp³-hybridized carbons (Fsp3) is 0.591. The van der Waals surface area contributed by atoms with Gasteiger partial charge >= 0.3 is 0 Å². The van der Waals surface area contributed by atoms with Gasteiger partial charge in [0.2, 0.25) is 0 Å². The molecule has 2 saturated carbocycles. The number of benzene rings is 1. The van der Waals surface area contributed by atoms with E-state index in [0.717, 1.165) is 0 Å². The van der Waals surface area contributed by atoms with Crippen molar-refractivity contribution in [3.8, 4) is 11.3 Å². The van der Waals surface area contributed by atoms with Crippen LogP contribution in [0.15, 0.2) is 30.3 Å². The second-order valence-corrected chi connectivity index (χ2v) is 9.79. The molecule has 1 aromatic heterocycles. The summed E-state index contributed by atoms with van der Waals surface area (Å²) in [5, 5.41) is 0. The molecule has 3 N–H and O–H groups in total. The van der Waals surface area contributed by atoms with E-state index in [4.69, 9.17) is 4.98 Å². The Hall–Kier alpha value is -1.30. The number of rotatable bonds is 6. The molecule has 0 unspecified atom stereocenters. The molecule has 0 spiro atoms. The molecule has 4 nitrogen and oxygen atoms in total. The number of H-pyrrole nitrogens is 1. The first kappa shape index (κ1) is 19.0. The van der Waals surface area contributed by atoms with Crippen LogP contribution in [0.1, 0.15) is 82.7 Å². The van der Waals surface area contributed by atoms with Crippen molar-refractivity contribution in [1.29, 1.82) is 0 Å². The van der Waals surface area contributed by atoms with Gasteiger partial charge in [-0.05, 0) is 59.3 Å². The van der Waals surface area contributed by atoms with Gasteiger partial charge in [-0.25, -0.2) is 14.4 Å². The van der Waals surface area contributed by atoms with Crippen LogP contribution in [-0.4, -0.2) is 21.5 Å². The average molecular weight is 385 g/mol. The zero-order valence-electron chi connectivity index (χ0n) is 16.7. The first-order chi connectivity index (χ1) is 13.0. The summed E-state index contributed by atoms with van der Waals surface area (Å²) in [7, 11) is 0. The van der Waals surface area contributed by atoms with Gasteiger partial charge in [-0.2, -0.15) is 0 Å². The zero-order valence-corrected chi connectivity index (χ0v) is 17.5. The summed E-state index contributed by atoms with van der Waals surface area (Å²) >= 11 is 1.66. The molecule has 0 bridgehead atoms. The van der Waals surface area contributed by atoms with Crippen LogP contribution >= 0.6 is 12.1 Å². The molecule has 1 heterocycles. The molecule has 2 aliphatic rings. The Morgan fingerprint density at radius 2 is 1.63 bits per heavy atom. The van der Waals surface area contributed by atoms with Crippen LogP contribution < -0.4 is 9.44 Å². The van der Waals surface area contributed by atoms with Crippen molar-refractivity contribution in [2.45, 2.75) is 82.7 Å². The highest BCUT2D eigenvalue weighted by Crippen LogP contribution is 2.44. The fourth-order valence-electron chi connectivity index (χ4n) is 3.83. The van der Waals surface area contributed by atoms with E-state index < -0.39 is 0 Å². The van der Waals surface area contributed by atoms with Crippen molar-refractivity contribution in [1.82, 2.24) is 19.4 Å². The lowest BCUT2D eigenvalue weighted by molar-refractivity contribution is 0.371. The number of hydrogen-bond donors (Lipinski definition) is 3. The monoisotopic (exact) mass is 384 g/mol. The van der Waals surface area contributed by atoms with E-state index in [9.17, 15) is 0 Å². The normalized spacial score (nSPS) is 23.5. The third-order valence-electron chi connectivity index (χ3n) is 5.48. The molecule has 0 amide bonds. The Morgan fingerprint density at radius 1 is 0.963 bits per heavy atom. The van der Waals surface area contributed by atoms with E-state index in [1.807, 2.05) is 0 Å². The minimum absolute atomic E-state index is 0.135. The highest BCUT2D eigenvalue weighted by atomic mass is 32.2. The first-order valence-electron chi connectivity index (χ1n) is 10.3. The number of aromatic nitrogens is 2. The van der Waals surface area contributed by atoms with E-state index in [0.29, 0.717) is 17.9 Å². The topological polar surface area (TPSA) is 52.7 Å². The molecule has 4 rings (SSSR count). The van der Waals surface area contributed by atoms with Crippen molar-refractivity contribution < 1.29 is 0 Å². The van der Waals surface area contributed by atoms with Gasteiger partial charge in [0.1, 0.15) is 5.82 Å². The maximum atomic E-state index is 5.09. The van der Waals surface area contributed by atoms with Crippen LogP contribution in [0.2, 0.25) is 0 Å². The minimum Gasteiger partial charge on any atom is -0.345 e. The van der Waals surface area contributed by atoms with Crippen LogP contribution in [0, 0.1) is 0 Å². The van der Waals surface area contributed by atoms with Crippen LogP contribution in [-0.2, 0) is 0 Å². The van der Waals surface area contributed by atoms with Crippen molar-refractivity contribution >= 4 is 12.1 Å². The number of imidazole rings is 1. The standard InChI is InChI=1S/C22H32N4S/c1-22(2,3)26-27-25-18-13-11-17(12-14-18)21-23-19(15-7-5-4-6-8-15)20(24-21)16-9-10-16/h4-8,16-18,25-26H,9-14H2,1-3H3,(H,23,24). The summed E-state index contributed by atoms with van der Waals surface area (Å²) in [6.07, 6.45) is 7.44. The van der Waals surface area contributed by atoms with Gasteiger partial charge in [-0.15, -0.1) is 0 Å². The van der Waals surface area contributed by atoms with Gasteiger partial charge < -0.3 is 4.98 Å². The Labute approximate surface area is 167 Å². The van der Waals surface area contributed by atoms with Gasteiger partial charge in [-0.1, -0.05) is 30.3 Å². The Balaban J connectivity index is 1.39. The molecule has 0 aliphatic heterocycles. The van der Waals surface area contributed by atoms with E-state index in [1.165, 1.54) is 61.3 Å². The number of aromatic amines is 1. The average Bonchev–Trinajstić information content (AvgIpc) is 3.40. The summed E-state index contributed by atoms with van der Waals surface area (Å²) in [6, 6.07) is 11.3. The first-order valence-corrected chi connectivity index (χ1v) is 11.1. The molecule has 2 aromatic rings. The van der Waals surface area contributed by atoms with E-state index in [-0.39, 0.29) is 5.54 Å². The predicted octanol–water partition coefficient (Wildman–Crippen LogP) is 5.52. The lowest BCUT2D eigenvalue weighted by Gasteiger charge is -2.29. The molecule has 2 fully saturated rings. The fourth-order valence-corrected chi connectivity index (χ4v) is 4.60. The molecule has 2 aliphatic carbocycles. The molecule has 0 saturated heterocycles. The Morgan fingerprint density at radius 3 is 2.26 bits per heavy atom.